The third-order valence-corrected chi connectivity index (χ3v) is 6.40. The van der Waals surface area contributed by atoms with Crippen LogP contribution in [0.15, 0.2) is 58.3 Å². The lowest BCUT2D eigenvalue weighted by Gasteiger charge is -2.31. The van der Waals surface area contributed by atoms with E-state index in [1.807, 2.05) is 17.5 Å². The fourth-order valence-electron chi connectivity index (χ4n) is 4.04. The summed E-state index contributed by atoms with van der Waals surface area (Å²) in [4.78, 5) is 29.0. The van der Waals surface area contributed by atoms with E-state index in [0.717, 1.165) is 30.6 Å². The van der Waals surface area contributed by atoms with Crippen molar-refractivity contribution in [2.75, 3.05) is 4.90 Å². The highest BCUT2D eigenvalue weighted by Gasteiger charge is 2.37. The Hall–Kier alpha value is -2.93. The summed E-state index contributed by atoms with van der Waals surface area (Å²) >= 11 is 1.45. The lowest BCUT2D eigenvalue weighted by Crippen LogP contribution is -2.47. The van der Waals surface area contributed by atoms with E-state index < -0.39 is 11.9 Å². The molecule has 31 heavy (non-hydrogen) atoms. The van der Waals surface area contributed by atoms with Crippen LogP contribution < -0.4 is 10.2 Å². The summed E-state index contributed by atoms with van der Waals surface area (Å²) < 4.78 is 20.7. The summed E-state index contributed by atoms with van der Waals surface area (Å²) in [5.41, 5.74) is 0.0599. The van der Waals surface area contributed by atoms with Gasteiger partial charge in [-0.1, -0.05) is 31.0 Å². The summed E-state index contributed by atoms with van der Waals surface area (Å²) in [5.74, 6) is -0.357. The number of hydrogen-bond acceptors (Lipinski definition) is 4. The van der Waals surface area contributed by atoms with Crippen molar-refractivity contribution in [3.63, 3.8) is 0 Å². The standard InChI is InChI=1S/C24H25FN2O3S/c1-16-12-13-21(30-16)23(24(29)26-17-7-2-3-8-17)27(20-11-5-4-10-19(20)25)22(28)15-18-9-6-14-31-18/h4-6,9-14,17,23H,2-3,7-8,15H2,1H3,(H,26,29)/t23-/m0/s1. The molecule has 0 bridgehead atoms. The molecule has 1 fully saturated rings. The van der Waals surface area contributed by atoms with E-state index in [2.05, 4.69) is 5.32 Å². The number of anilines is 1. The van der Waals surface area contributed by atoms with Gasteiger partial charge in [0.1, 0.15) is 17.3 Å². The molecule has 0 aliphatic heterocycles. The number of thiophene rings is 1. The van der Waals surface area contributed by atoms with Crippen molar-refractivity contribution in [3.8, 4) is 0 Å². The zero-order valence-corrected chi connectivity index (χ0v) is 18.2. The molecule has 0 radical (unpaired) electrons. The molecule has 1 aliphatic carbocycles. The molecule has 7 heteroatoms. The summed E-state index contributed by atoms with van der Waals surface area (Å²) in [7, 11) is 0. The number of rotatable bonds is 7. The number of nitrogens with one attached hydrogen (secondary N) is 1. The smallest absolute Gasteiger partial charge is 0.251 e. The van der Waals surface area contributed by atoms with Crippen molar-refractivity contribution in [1.29, 1.82) is 0 Å². The van der Waals surface area contributed by atoms with Gasteiger partial charge in [0, 0.05) is 10.9 Å². The predicted molar refractivity (Wildman–Crippen MR) is 118 cm³/mol. The lowest BCUT2D eigenvalue weighted by atomic mass is 10.1. The second-order valence-corrected chi connectivity index (χ2v) is 8.84. The molecule has 162 valence electrons. The van der Waals surface area contributed by atoms with Crippen molar-refractivity contribution < 1.29 is 18.4 Å². The van der Waals surface area contributed by atoms with E-state index in [0.29, 0.717) is 11.5 Å². The second kappa shape index (κ2) is 9.47. The number of benzene rings is 1. The van der Waals surface area contributed by atoms with Crippen LogP contribution >= 0.6 is 11.3 Å². The normalized spacial score (nSPS) is 15.0. The van der Waals surface area contributed by atoms with Crippen LogP contribution in [0.25, 0.3) is 0 Å². The number of furan rings is 1. The van der Waals surface area contributed by atoms with Crippen LogP contribution in [-0.4, -0.2) is 17.9 Å². The molecule has 2 amide bonds. The third kappa shape index (κ3) is 4.88. The van der Waals surface area contributed by atoms with Gasteiger partial charge in [0.25, 0.3) is 5.91 Å². The molecule has 1 atom stereocenters. The fraction of sp³-hybridized carbons (Fsp3) is 0.333. The van der Waals surface area contributed by atoms with Gasteiger partial charge in [0.15, 0.2) is 6.04 Å². The molecule has 1 aromatic carbocycles. The SMILES string of the molecule is Cc1ccc([C@@H](C(=O)NC2CCCC2)N(C(=O)Cc2cccs2)c2ccccc2F)o1. The molecular formula is C24H25FN2O3S. The fourth-order valence-corrected chi connectivity index (χ4v) is 4.73. The molecule has 2 heterocycles. The summed E-state index contributed by atoms with van der Waals surface area (Å²) in [6.45, 7) is 1.77. The van der Waals surface area contributed by atoms with Gasteiger partial charge in [-0.25, -0.2) is 4.39 Å². The highest BCUT2D eigenvalue weighted by Crippen LogP contribution is 2.32. The predicted octanol–water partition coefficient (Wildman–Crippen LogP) is 5.16. The van der Waals surface area contributed by atoms with Crippen LogP contribution in [0.1, 0.15) is 48.1 Å². The van der Waals surface area contributed by atoms with Gasteiger partial charge < -0.3 is 9.73 Å². The Balaban J connectivity index is 1.75. The largest absolute Gasteiger partial charge is 0.464 e. The zero-order valence-electron chi connectivity index (χ0n) is 17.3. The van der Waals surface area contributed by atoms with Crippen LogP contribution in [0, 0.1) is 12.7 Å². The monoisotopic (exact) mass is 440 g/mol. The van der Waals surface area contributed by atoms with E-state index in [9.17, 15) is 14.0 Å². The molecular weight excluding hydrogens is 415 g/mol. The Morgan fingerprint density at radius 1 is 1.16 bits per heavy atom. The highest BCUT2D eigenvalue weighted by atomic mass is 32.1. The molecule has 0 unspecified atom stereocenters. The first-order valence-corrected chi connectivity index (χ1v) is 11.4. The lowest BCUT2D eigenvalue weighted by molar-refractivity contribution is -0.127. The number of carbonyl (C=O) groups is 2. The average Bonchev–Trinajstić information content (AvgIpc) is 3.51. The van der Waals surface area contributed by atoms with Crippen molar-refractivity contribution in [1.82, 2.24) is 5.32 Å². The molecule has 2 aromatic heterocycles. The molecule has 5 nitrogen and oxygen atoms in total. The van der Waals surface area contributed by atoms with Crippen LogP contribution in [0.2, 0.25) is 0 Å². The Kier molecular flexibility index (Phi) is 6.51. The van der Waals surface area contributed by atoms with Gasteiger partial charge in [0.05, 0.1) is 12.1 Å². The maximum Gasteiger partial charge on any atom is 0.251 e. The number of amides is 2. The molecule has 0 spiro atoms. The first-order chi connectivity index (χ1) is 15.0. The van der Waals surface area contributed by atoms with Crippen LogP contribution in [0.3, 0.4) is 0 Å². The van der Waals surface area contributed by atoms with Gasteiger partial charge in [0.2, 0.25) is 5.91 Å². The van der Waals surface area contributed by atoms with E-state index >= 15 is 0 Å². The number of halogens is 1. The molecule has 1 saturated carbocycles. The quantitative estimate of drug-likeness (QED) is 0.552. The van der Waals surface area contributed by atoms with Crippen molar-refractivity contribution >= 4 is 28.8 Å². The van der Waals surface area contributed by atoms with Crippen LogP contribution in [-0.2, 0) is 16.0 Å². The number of carbonyl (C=O) groups excluding carboxylic acids is 2. The van der Waals surface area contributed by atoms with Gasteiger partial charge in [-0.05, 0) is 55.5 Å². The number of para-hydroxylation sites is 1. The van der Waals surface area contributed by atoms with E-state index in [1.54, 1.807) is 31.2 Å². The summed E-state index contributed by atoms with van der Waals surface area (Å²) in [6, 6.07) is 12.1. The Morgan fingerprint density at radius 2 is 1.94 bits per heavy atom. The first-order valence-electron chi connectivity index (χ1n) is 10.5. The van der Waals surface area contributed by atoms with Crippen molar-refractivity contribution in [2.24, 2.45) is 0 Å². The number of hydrogen-bond donors (Lipinski definition) is 1. The van der Waals surface area contributed by atoms with Gasteiger partial charge in [-0.2, -0.15) is 0 Å². The minimum atomic E-state index is -1.10. The highest BCUT2D eigenvalue weighted by molar-refractivity contribution is 7.10. The molecule has 3 aromatic rings. The average molecular weight is 441 g/mol. The Labute approximate surface area is 184 Å². The van der Waals surface area contributed by atoms with E-state index in [1.165, 1.54) is 28.4 Å². The maximum atomic E-state index is 14.9. The summed E-state index contributed by atoms with van der Waals surface area (Å²) in [5, 5.41) is 4.94. The second-order valence-electron chi connectivity index (χ2n) is 7.81. The van der Waals surface area contributed by atoms with Crippen LogP contribution in [0.5, 0.6) is 0 Å². The minimum absolute atomic E-state index is 0.0564. The molecule has 1 N–H and O–H groups in total. The van der Waals surface area contributed by atoms with Crippen LogP contribution in [0.4, 0.5) is 10.1 Å². The number of nitrogens with zero attached hydrogens (tertiary/aromatic N) is 1. The zero-order chi connectivity index (χ0) is 21.8. The van der Waals surface area contributed by atoms with E-state index in [4.69, 9.17) is 4.42 Å². The maximum absolute atomic E-state index is 14.9. The first kappa shape index (κ1) is 21.3. The molecule has 1 aliphatic rings. The van der Waals surface area contributed by atoms with Gasteiger partial charge in [-0.15, -0.1) is 11.3 Å². The van der Waals surface area contributed by atoms with Crippen molar-refractivity contribution in [3.05, 3.63) is 76.1 Å². The number of aryl methyl sites for hydroxylation is 1. The molecule has 0 saturated heterocycles. The Bertz CT molecular complexity index is 1040. The van der Waals surface area contributed by atoms with Crippen molar-refractivity contribution in [2.45, 2.75) is 51.1 Å². The van der Waals surface area contributed by atoms with Gasteiger partial charge in [-0.3, -0.25) is 14.5 Å². The minimum Gasteiger partial charge on any atom is -0.464 e. The topological polar surface area (TPSA) is 62.6 Å². The van der Waals surface area contributed by atoms with E-state index in [-0.39, 0.29) is 30.0 Å². The Morgan fingerprint density at radius 3 is 2.58 bits per heavy atom. The molecule has 4 rings (SSSR count). The third-order valence-electron chi connectivity index (χ3n) is 5.52. The van der Waals surface area contributed by atoms with Gasteiger partial charge >= 0.3 is 0 Å². The summed E-state index contributed by atoms with van der Waals surface area (Å²) in [6.07, 6.45) is 3.99.